The first-order valence-electron chi connectivity index (χ1n) is 9.40. The molecule has 0 saturated carbocycles. The van der Waals surface area contributed by atoms with Crippen LogP contribution in [-0.2, 0) is 16.3 Å². The molecule has 0 amide bonds. The second-order valence-electron chi connectivity index (χ2n) is 7.15. The van der Waals surface area contributed by atoms with Crippen molar-refractivity contribution in [2.75, 3.05) is 0 Å². The molecule has 0 bridgehead atoms. The number of rotatable bonds is 6. The largest absolute Gasteiger partial charge is 0.306 e. The molecule has 0 spiro atoms. The van der Waals surface area contributed by atoms with Crippen LogP contribution in [0, 0.1) is 12.7 Å². The summed E-state index contributed by atoms with van der Waals surface area (Å²) in [7, 11) is -3.81. The Balaban J connectivity index is 1.47. The molecule has 0 radical (unpaired) electrons. The first kappa shape index (κ1) is 20.0. The smallest absolute Gasteiger partial charge is 0.206 e. The van der Waals surface area contributed by atoms with Crippen LogP contribution in [0.25, 0.3) is 5.65 Å². The van der Waals surface area contributed by atoms with Crippen LogP contribution in [0.15, 0.2) is 83.0 Å². The topological polar surface area (TPSA) is 68.5 Å². The lowest BCUT2D eigenvalue weighted by Crippen LogP contribution is -2.04. The lowest BCUT2D eigenvalue weighted by atomic mass is 10.0. The van der Waals surface area contributed by atoms with Gasteiger partial charge in [-0.05, 0) is 66.9 Å². The van der Waals surface area contributed by atoms with Crippen molar-refractivity contribution in [3.63, 3.8) is 0 Å². The van der Waals surface area contributed by atoms with Gasteiger partial charge in [0.25, 0.3) is 0 Å². The van der Waals surface area contributed by atoms with Gasteiger partial charge in [-0.25, -0.2) is 17.8 Å². The predicted octanol–water partition coefficient (Wildman–Crippen LogP) is 4.43. The summed E-state index contributed by atoms with van der Waals surface area (Å²) >= 11 is 0. The number of nitrogens with zero attached hydrogens (tertiary/aromatic N) is 2. The van der Waals surface area contributed by atoms with Crippen LogP contribution in [0.4, 0.5) is 4.39 Å². The number of imidazole rings is 1. The molecule has 2 aromatic carbocycles. The number of fused-ring (bicyclic) bond motifs is 1. The Hall–Kier alpha value is -3.32. The van der Waals surface area contributed by atoms with E-state index in [1.807, 2.05) is 0 Å². The Morgan fingerprint density at radius 3 is 2.53 bits per heavy atom. The van der Waals surface area contributed by atoms with Crippen molar-refractivity contribution >= 4 is 21.3 Å². The van der Waals surface area contributed by atoms with Crippen LogP contribution in [0.1, 0.15) is 27.9 Å². The van der Waals surface area contributed by atoms with Crippen LogP contribution < -0.4 is 0 Å². The first-order valence-corrected chi connectivity index (χ1v) is 10.9. The summed E-state index contributed by atoms with van der Waals surface area (Å²) in [6.45, 7) is 1.65. The lowest BCUT2D eigenvalue weighted by molar-refractivity contribution is 0.0982. The number of ketones is 1. The number of carbonyl (C=O) groups is 1. The van der Waals surface area contributed by atoms with Crippen molar-refractivity contribution in [3.8, 4) is 0 Å². The van der Waals surface area contributed by atoms with Crippen LogP contribution >= 0.6 is 0 Å². The van der Waals surface area contributed by atoms with Gasteiger partial charge in [0.15, 0.2) is 5.78 Å². The van der Waals surface area contributed by atoms with E-state index < -0.39 is 15.7 Å². The minimum atomic E-state index is -3.81. The average Bonchev–Trinajstić information content (AvgIpc) is 3.19. The zero-order valence-electron chi connectivity index (χ0n) is 16.2. The molecule has 0 aliphatic rings. The van der Waals surface area contributed by atoms with Crippen molar-refractivity contribution in [1.82, 2.24) is 9.38 Å². The van der Waals surface area contributed by atoms with E-state index in [2.05, 4.69) is 4.98 Å². The number of pyridine rings is 1. The number of hydrogen-bond donors (Lipinski definition) is 0. The summed E-state index contributed by atoms with van der Waals surface area (Å²) in [5.41, 5.74) is 2.76. The van der Waals surface area contributed by atoms with E-state index in [4.69, 9.17) is 0 Å². The number of aryl methyl sites for hydroxylation is 2. The van der Waals surface area contributed by atoms with Gasteiger partial charge in [-0.2, -0.15) is 0 Å². The number of sulfone groups is 1. The highest BCUT2D eigenvalue weighted by Crippen LogP contribution is 2.23. The van der Waals surface area contributed by atoms with Crippen LogP contribution in [0.2, 0.25) is 0 Å². The van der Waals surface area contributed by atoms with E-state index in [9.17, 15) is 17.6 Å². The predicted molar refractivity (Wildman–Crippen MR) is 111 cm³/mol. The fourth-order valence-electron chi connectivity index (χ4n) is 3.32. The van der Waals surface area contributed by atoms with Gasteiger partial charge in [-0.3, -0.25) is 4.79 Å². The van der Waals surface area contributed by atoms with Gasteiger partial charge in [-0.1, -0.05) is 12.1 Å². The first-order chi connectivity index (χ1) is 14.3. The number of carbonyl (C=O) groups excluding carboxylic acids is 1. The number of hydrogen-bond acceptors (Lipinski definition) is 4. The fraction of sp³-hybridized carbons (Fsp3) is 0.130. The Morgan fingerprint density at radius 2 is 1.80 bits per heavy atom. The molecule has 5 nitrogen and oxygen atoms in total. The van der Waals surface area contributed by atoms with Crippen LogP contribution in [-0.4, -0.2) is 23.6 Å². The zero-order chi connectivity index (χ0) is 21.3. The minimum Gasteiger partial charge on any atom is -0.306 e. The average molecular weight is 422 g/mol. The summed E-state index contributed by atoms with van der Waals surface area (Å²) in [5, 5.41) is 0. The monoisotopic (exact) mass is 422 g/mol. The number of halogens is 1. The van der Waals surface area contributed by atoms with Crippen molar-refractivity contribution in [2.45, 2.75) is 29.6 Å². The molecule has 0 aliphatic carbocycles. The maximum atomic E-state index is 13.6. The molecule has 0 atom stereocenters. The molecule has 0 unspecified atom stereocenters. The quantitative estimate of drug-likeness (QED) is 0.431. The highest BCUT2D eigenvalue weighted by molar-refractivity contribution is 7.91. The lowest BCUT2D eigenvalue weighted by Gasteiger charge is -2.08. The third kappa shape index (κ3) is 4.02. The van der Waals surface area contributed by atoms with Gasteiger partial charge < -0.3 is 4.40 Å². The SMILES string of the molecule is Cc1cc(F)cc(S(=O)(=O)c2ccc(CCC(=O)c3ccc4nccn4c3)cc2)c1. The summed E-state index contributed by atoms with van der Waals surface area (Å²) in [6.07, 6.45) is 5.99. The van der Waals surface area contributed by atoms with Crippen LogP contribution in [0.5, 0.6) is 0 Å². The number of benzene rings is 2. The van der Waals surface area contributed by atoms with Gasteiger partial charge in [0.1, 0.15) is 11.5 Å². The second kappa shape index (κ2) is 7.84. The molecule has 4 aromatic rings. The Bertz CT molecular complexity index is 1320. The van der Waals surface area contributed by atoms with E-state index in [0.29, 0.717) is 24.0 Å². The van der Waals surface area contributed by atoms with Crippen molar-refractivity contribution in [1.29, 1.82) is 0 Å². The maximum absolute atomic E-state index is 13.6. The molecule has 0 aliphatic heterocycles. The molecule has 0 N–H and O–H groups in total. The summed E-state index contributed by atoms with van der Waals surface area (Å²) in [4.78, 5) is 16.7. The number of Topliss-reactive ketones (excluding diaryl/α,β-unsaturated/α-hetero) is 1. The fourth-order valence-corrected chi connectivity index (χ4v) is 4.69. The Kier molecular flexibility index (Phi) is 5.22. The third-order valence-electron chi connectivity index (χ3n) is 4.91. The molecule has 7 heteroatoms. The van der Waals surface area contributed by atoms with E-state index >= 15 is 0 Å². The Morgan fingerprint density at radius 1 is 1.03 bits per heavy atom. The molecular weight excluding hydrogens is 403 g/mol. The van der Waals surface area contributed by atoms with Gasteiger partial charge in [0.2, 0.25) is 9.84 Å². The van der Waals surface area contributed by atoms with Crippen molar-refractivity contribution in [2.24, 2.45) is 0 Å². The normalized spacial score (nSPS) is 11.7. The summed E-state index contributed by atoms with van der Waals surface area (Å²) in [5.74, 6) is -0.588. The van der Waals surface area contributed by atoms with Crippen molar-refractivity contribution in [3.05, 3.63) is 95.7 Å². The van der Waals surface area contributed by atoms with E-state index in [-0.39, 0.29) is 15.6 Å². The molecule has 4 rings (SSSR count). The Labute approximate surface area is 173 Å². The van der Waals surface area contributed by atoms with Crippen LogP contribution in [0.3, 0.4) is 0 Å². The standard InChI is InChI=1S/C23H19FN2O3S/c1-16-12-19(24)14-21(13-16)30(28,29)20-6-2-17(3-7-20)4-8-22(27)18-5-9-23-25-10-11-26(23)15-18/h2-3,5-7,9-15H,4,8H2,1H3. The third-order valence-corrected chi connectivity index (χ3v) is 6.66. The van der Waals surface area contributed by atoms with E-state index in [0.717, 1.165) is 17.3 Å². The highest BCUT2D eigenvalue weighted by Gasteiger charge is 2.19. The molecule has 30 heavy (non-hydrogen) atoms. The van der Waals surface area contributed by atoms with Gasteiger partial charge in [0, 0.05) is 30.6 Å². The summed E-state index contributed by atoms with van der Waals surface area (Å²) in [6, 6.07) is 13.6. The summed E-state index contributed by atoms with van der Waals surface area (Å²) < 4.78 is 40.9. The van der Waals surface area contributed by atoms with Gasteiger partial charge in [-0.15, -0.1) is 0 Å². The molecule has 2 aromatic heterocycles. The molecule has 0 fully saturated rings. The molecule has 2 heterocycles. The van der Waals surface area contributed by atoms with Crippen molar-refractivity contribution < 1.29 is 17.6 Å². The zero-order valence-corrected chi connectivity index (χ0v) is 17.1. The number of aromatic nitrogens is 2. The highest BCUT2D eigenvalue weighted by atomic mass is 32.2. The maximum Gasteiger partial charge on any atom is 0.206 e. The minimum absolute atomic E-state index is 0.00228. The van der Waals surface area contributed by atoms with Gasteiger partial charge >= 0.3 is 0 Å². The second-order valence-corrected chi connectivity index (χ2v) is 9.10. The van der Waals surface area contributed by atoms with Gasteiger partial charge in [0.05, 0.1) is 9.79 Å². The van der Waals surface area contributed by atoms with E-state index in [1.54, 1.807) is 54.2 Å². The molecular formula is C23H19FN2O3S. The molecule has 0 saturated heterocycles. The van der Waals surface area contributed by atoms with E-state index in [1.165, 1.54) is 24.3 Å². The molecule has 152 valence electrons.